The first-order chi connectivity index (χ1) is 20.5. The maximum atomic E-state index is 15.4. The number of carbonyl (C=O) groups is 2. The van der Waals surface area contributed by atoms with Crippen molar-refractivity contribution in [1.82, 2.24) is 9.78 Å². The Morgan fingerprint density at radius 3 is 2.31 bits per heavy atom. The number of rotatable bonds is 7. The van der Waals surface area contributed by atoms with E-state index < -0.39 is 5.25 Å². The van der Waals surface area contributed by atoms with E-state index in [1.54, 1.807) is 54.3 Å². The number of nitrogens with one attached hydrogen (secondary N) is 1. The van der Waals surface area contributed by atoms with Crippen LogP contribution in [-0.2, 0) is 9.59 Å². The van der Waals surface area contributed by atoms with Crippen LogP contribution in [0.15, 0.2) is 109 Å². The molecule has 42 heavy (non-hydrogen) atoms. The first-order valence-corrected chi connectivity index (χ1v) is 14.4. The van der Waals surface area contributed by atoms with Crippen molar-refractivity contribution in [3.63, 3.8) is 0 Å². The zero-order valence-corrected chi connectivity index (χ0v) is 23.6. The average molecular weight is 579 g/mol. The summed E-state index contributed by atoms with van der Waals surface area (Å²) in [6.45, 7) is -0.249. The zero-order valence-electron chi connectivity index (χ0n) is 22.7. The summed E-state index contributed by atoms with van der Waals surface area (Å²) >= 11 is 1.32. The van der Waals surface area contributed by atoms with Crippen molar-refractivity contribution >= 4 is 35.1 Å². The lowest BCUT2D eigenvalue weighted by atomic mass is 9.99. The molecular weight excluding hydrogens is 551 g/mol. The van der Waals surface area contributed by atoms with E-state index in [9.17, 15) is 9.59 Å². The highest BCUT2D eigenvalue weighted by Crippen LogP contribution is 2.49. The number of halogens is 1. The molecule has 0 aliphatic carbocycles. The molecule has 0 radical (unpaired) electrons. The van der Waals surface area contributed by atoms with Gasteiger partial charge in [-0.2, -0.15) is 5.10 Å². The highest BCUT2D eigenvalue weighted by atomic mass is 32.2. The number of methoxy groups -OCH3 is 1. The molecule has 1 aromatic heterocycles. The Hall–Kier alpha value is -4.89. The molecule has 1 aliphatic heterocycles. The number of para-hydroxylation sites is 1. The fraction of sp³-hybridized carbons (Fsp3) is 0.121. The molecule has 2 heterocycles. The minimum Gasteiger partial charge on any atom is -0.497 e. The molecule has 0 bridgehead atoms. The van der Waals surface area contributed by atoms with Gasteiger partial charge in [0.1, 0.15) is 23.9 Å². The molecule has 1 aliphatic rings. The van der Waals surface area contributed by atoms with Crippen LogP contribution in [0.2, 0.25) is 0 Å². The van der Waals surface area contributed by atoms with Gasteiger partial charge in [0.2, 0.25) is 11.8 Å². The molecule has 1 atom stereocenters. The van der Waals surface area contributed by atoms with Crippen LogP contribution in [0.3, 0.4) is 0 Å². The molecule has 9 heteroatoms. The summed E-state index contributed by atoms with van der Waals surface area (Å²) in [5.41, 5.74) is 3.80. The Morgan fingerprint density at radius 1 is 0.952 bits per heavy atom. The predicted octanol–water partition coefficient (Wildman–Crippen LogP) is 6.49. The van der Waals surface area contributed by atoms with Crippen LogP contribution in [0.4, 0.5) is 15.9 Å². The molecule has 0 spiro atoms. The fourth-order valence-corrected chi connectivity index (χ4v) is 6.25. The van der Waals surface area contributed by atoms with Gasteiger partial charge in [-0.05, 0) is 42.5 Å². The number of ether oxygens (including phenoxy) is 1. The lowest BCUT2D eigenvalue weighted by Gasteiger charge is -2.23. The molecule has 5 aromatic rings. The van der Waals surface area contributed by atoms with Gasteiger partial charge in [-0.1, -0.05) is 66.7 Å². The van der Waals surface area contributed by atoms with Crippen LogP contribution in [0.25, 0.3) is 16.9 Å². The van der Waals surface area contributed by atoms with Gasteiger partial charge < -0.3 is 10.1 Å². The number of fused-ring (bicyclic) bond motifs is 1. The van der Waals surface area contributed by atoms with Crippen LogP contribution in [0.1, 0.15) is 16.4 Å². The predicted molar refractivity (Wildman–Crippen MR) is 164 cm³/mol. The molecule has 0 saturated heterocycles. The lowest BCUT2D eigenvalue weighted by molar-refractivity contribution is -0.120. The average Bonchev–Trinajstić information content (AvgIpc) is 3.35. The third-order valence-electron chi connectivity index (χ3n) is 7.00. The largest absolute Gasteiger partial charge is 0.497 e. The normalized spacial score (nSPS) is 14.7. The monoisotopic (exact) mass is 578 g/mol. The first-order valence-electron chi connectivity index (χ1n) is 13.4. The van der Waals surface area contributed by atoms with Gasteiger partial charge in [0.15, 0.2) is 0 Å². The van der Waals surface area contributed by atoms with Crippen LogP contribution >= 0.6 is 11.8 Å². The molecule has 0 saturated carbocycles. The molecule has 2 amide bonds. The highest BCUT2D eigenvalue weighted by molar-refractivity contribution is 8.00. The number of nitrogens with zero attached hydrogens (tertiary/aromatic N) is 3. The van der Waals surface area contributed by atoms with Gasteiger partial charge in [0, 0.05) is 22.4 Å². The van der Waals surface area contributed by atoms with Crippen molar-refractivity contribution in [2.75, 3.05) is 29.6 Å². The third-order valence-corrected chi connectivity index (χ3v) is 8.24. The topological polar surface area (TPSA) is 76.5 Å². The second-order valence-electron chi connectivity index (χ2n) is 9.67. The van der Waals surface area contributed by atoms with Crippen molar-refractivity contribution in [3.05, 3.63) is 126 Å². The summed E-state index contributed by atoms with van der Waals surface area (Å²) in [6, 6.07) is 32.5. The molecule has 4 aromatic carbocycles. The molecule has 1 N–H and O–H groups in total. The van der Waals surface area contributed by atoms with Crippen molar-refractivity contribution in [2.45, 2.75) is 5.25 Å². The molecule has 7 nitrogen and oxygen atoms in total. The van der Waals surface area contributed by atoms with Gasteiger partial charge in [0.05, 0.1) is 29.5 Å². The van der Waals surface area contributed by atoms with Crippen LogP contribution in [0.5, 0.6) is 5.75 Å². The Kier molecular flexibility index (Phi) is 7.74. The quantitative estimate of drug-likeness (QED) is 0.239. The summed E-state index contributed by atoms with van der Waals surface area (Å²) in [6.07, 6.45) is 0. The van der Waals surface area contributed by atoms with Gasteiger partial charge in [-0.25, -0.2) is 9.07 Å². The van der Waals surface area contributed by atoms with Gasteiger partial charge >= 0.3 is 0 Å². The smallest absolute Gasteiger partial charge is 0.244 e. The Balaban J connectivity index is 1.57. The van der Waals surface area contributed by atoms with E-state index >= 15 is 4.39 Å². The van der Waals surface area contributed by atoms with Gasteiger partial charge in [-0.15, -0.1) is 11.8 Å². The second-order valence-corrected chi connectivity index (χ2v) is 10.8. The summed E-state index contributed by atoms with van der Waals surface area (Å²) < 4.78 is 22.4. The summed E-state index contributed by atoms with van der Waals surface area (Å²) in [7, 11) is 1.59. The van der Waals surface area contributed by atoms with E-state index in [4.69, 9.17) is 9.84 Å². The van der Waals surface area contributed by atoms with Gasteiger partial charge in [-0.3, -0.25) is 14.5 Å². The van der Waals surface area contributed by atoms with Crippen LogP contribution in [-0.4, -0.2) is 41.0 Å². The molecular formula is C33H27FN4O3S. The summed E-state index contributed by atoms with van der Waals surface area (Å²) in [4.78, 5) is 28.6. The Bertz CT molecular complexity index is 1730. The number of hydrogen-bond acceptors (Lipinski definition) is 5. The number of carbonyl (C=O) groups excluding carboxylic acids is 2. The zero-order chi connectivity index (χ0) is 29.1. The number of aromatic nitrogens is 2. The summed E-state index contributed by atoms with van der Waals surface area (Å²) in [5.74, 6) is 0.111. The highest BCUT2D eigenvalue weighted by Gasteiger charge is 2.38. The van der Waals surface area contributed by atoms with E-state index in [1.165, 1.54) is 22.7 Å². The Morgan fingerprint density at radius 2 is 1.62 bits per heavy atom. The standard InChI is InChI=1S/C33H27FN4O3S/c1-41-25-18-16-24(17-19-25)38-33-30(31(36-38)22-10-4-2-5-11-22)32(26-14-8-9-15-27(26)34)42-21-29(40)37(33)20-28(39)35-23-12-6-3-7-13-23/h2-19,32H,20-21H2,1H3,(H,35,39). The molecule has 0 fully saturated rings. The second kappa shape index (κ2) is 11.9. The molecule has 210 valence electrons. The molecule has 6 rings (SSSR count). The number of anilines is 2. The van der Waals surface area contributed by atoms with E-state index in [2.05, 4.69) is 5.32 Å². The van der Waals surface area contributed by atoms with Crippen molar-refractivity contribution < 1.29 is 18.7 Å². The van der Waals surface area contributed by atoms with Gasteiger partial charge in [0.25, 0.3) is 0 Å². The maximum absolute atomic E-state index is 15.4. The minimum atomic E-state index is -0.561. The first kappa shape index (κ1) is 27.3. The van der Waals surface area contributed by atoms with Crippen molar-refractivity contribution in [2.24, 2.45) is 0 Å². The molecule has 1 unspecified atom stereocenters. The van der Waals surface area contributed by atoms with E-state index in [1.807, 2.05) is 60.7 Å². The number of amides is 2. The van der Waals surface area contributed by atoms with Crippen LogP contribution in [0, 0.1) is 5.82 Å². The van der Waals surface area contributed by atoms with E-state index in [0.29, 0.717) is 39.8 Å². The maximum Gasteiger partial charge on any atom is 0.244 e. The third kappa shape index (κ3) is 5.38. The SMILES string of the molecule is COc1ccc(-n2nc(-c3ccccc3)c3c2N(CC(=O)Nc2ccccc2)C(=O)CSC3c2ccccc2F)cc1. The van der Waals surface area contributed by atoms with Crippen LogP contribution < -0.4 is 15.0 Å². The number of benzene rings is 4. The minimum absolute atomic E-state index is 0.0448. The summed E-state index contributed by atoms with van der Waals surface area (Å²) in [5, 5.41) is 7.34. The van der Waals surface area contributed by atoms with E-state index in [-0.39, 0.29) is 29.9 Å². The number of thioether (sulfide) groups is 1. The number of hydrogen-bond donors (Lipinski definition) is 1. The van der Waals surface area contributed by atoms with E-state index in [0.717, 1.165) is 5.56 Å². The van der Waals surface area contributed by atoms with Crippen molar-refractivity contribution in [1.29, 1.82) is 0 Å². The Labute approximate surface area is 246 Å². The lowest BCUT2D eigenvalue weighted by Crippen LogP contribution is -2.40. The fourth-order valence-electron chi connectivity index (χ4n) is 5.03. The van der Waals surface area contributed by atoms with Crippen molar-refractivity contribution in [3.8, 4) is 22.7 Å².